The normalized spacial score (nSPS) is 11.4. The Bertz CT molecular complexity index is 566. The minimum Gasteiger partial charge on any atom is -0.0843 e. The minimum atomic E-state index is 0.749. The van der Waals surface area contributed by atoms with E-state index < -0.39 is 0 Å². The molecule has 0 spiro atoms. The standard InChI is InChI=1S/C16H12Cl2/c17-15-11-9-13(10-12-15)5-1-2-6-14-7-3-4-8-16(14)18/h1-12H. The van der Waals surface area contributed by atoms with Crippen LogP contribution >= 0.6 is 23.2 Å². The van der Waals surface area contributed by atoms with Gasteiger partial charge in [0.1, 0.15) is 0 Å². The van der Waals surface area contributed by atoms with Crippen LogP contribution in [0.2, 0.25) is 10.0 Å². The van der Waals surface area contributed by atoms with Crippen molar-refractivity contribution >= 4 is 35.4 Å². The lowest BCUT2D eigenvalue weighted by Crippen LogP contribution is -1.72. The number of benzene rings is 2. The third-order valence-electron chi connectivity index (χ3n) is 2.45. The Labute approximate surface area is 117 Å². The largest absolute Gasteiger partial charge is 0.0843 e. The molecule has 2 aromatic carbocycles. The summed E-state index contributed by atoms with van der Waals surface area (Å²) in [5.41, 5.74) is 2.13. The summed E-state index contributed by atoms with van der Waals surface area (Å²) in [6.45, 7) is 0. The molecule has 0 nitrogen and oxygen atoms in total. The number of hydrogen-bond donors (Lipinski definition) is 0. The SMILES string of the molecule is Clc1ccc(C=CC=Cc2ccccc2Cl)cc1. The fourth-order valence-electron chi connectivity index (χ4n) is 1.51. The fraction of sp³-hybridized carbons (Fsp3) is 0. The van der Waals surface area contributed by atoms with Crippen molar-refractivity contribution in [3.05, 3.63) is 81.9 Å². The van der Waals surface area contributed by atoms with Crippen molar-refractivity contribution in [2.24, 2.45) is 0 Å². The van der Waals surface area contributed by atoms with E-state index in [0.717, 1.165) is 21.2 Å². The first-order valence-electron chi connectivity index (χ1n) is 5.60. The van der Waals surface area contributed by atoms with Gasteiger partial charge in [-0.3, -0.25) is 0 Å². The van der Waals surface area contributed by atoms with Gasteiger partial charge >= 0.3 is 0 Å². The molecular weight excluding hydrogens is 263 g/mol. The zero-order valence-corrected chi connectivity index (χ0v) is 11.2. The third-order valence-corrected chi connectivity index (χ3v) is 3.05. The van der Waals surface area contributed by atoms with E-state index in [2.05, 4.69) is 0 Å². The van der Waals surface area contributed by atoms with E-state index in [4.69, 9.17) is 23.2 Å². The summed E-state index contributed by atoms with van der Waals surface area (Å²) in [5, 5.41) is 1.51. The van der Waals surface area contributed by atoms with Crippen LogP contribution in [0.5, 0.6) is 0 Å². The molecule has 0 radical (unpaired) electrons. The van der Waals surface area contributed by atoms with Crippen molar-refractivity contribution in [1.82, 2.24) is 0 Å². The second kappa shape index (κ2) is 6.44. The molecule has 2 aromatic rings. The zero-order valence-electron chi connectivity index (χ0n) is 9.68. The molecule has 0 fully saturated rings. The van der Waals surface area contributed by atoms with E-state index in [-0.39, 0.29) is 0 Å². The first kappa shape index (κ1) is 12.9. The Hall–Kier alpha value is -1.50. The van der Waals surface area contributed by atoms with Gasteiger partial charge in [0.25, 0.3) is 0 Å². The van der Waals surface area contributed by atoms with Gasteiger partial charge in [0.05, 0.1) is 0 Å². The molecule has 0 aliphatic rings. The molecule has 0 N–H and O–H groups in total. The summed E-state index contributed by atoms with van der Waals surface area (Å²) in [7, 11) is 0. The van der Waals surface area contributed by atoms with Crippen LogP contribution in [0.3, 0.4) is 0 Å². The number of allylic oxidation sites excluding steroid dienone is 2. The van der Waals surface area contributed by atoms with Gasteiger partial charge in [0, 0.05) is 10.0 Å². The highest BCUT2D eigenvalue weighted by atomic mass is 35.5. The topological polar surface area (TPSA) is 0 Å². The highest BCUT2D eigenvalue weighted by Crippen LogP contribution is 2.16. The van der Waals surface area contributed by atoms with Crippen molar-refractivity contribution in [3.8, 4) is 0 Å². The van der Waals surface area contributed by atoms with E-state index in [1.165, 1.54) is 0 Å². The fourth-order valence-corrected chi connectivity index (χ4v) is 1.83. The van der Waals surface area contributed by atoms with Gasteiger partial charge in [0.2, 0.25) is 0 Å². The van der Waals surface area contributed by atoms with Crippen LogP contribution in [0.25, 0.3) is 12.2 Å². The number of rotatable bonds is 3. The molecule has 0 bridgehead atoms. The Kier molecular flexibility index (Phi) is 4.63. The van der Waals surface area contributed by atoms with Gasteiger partial charge in [0.15, 0.2) is 0 Å². The second-order valence-electron chi connectivity index (χ2n) is 3.79. The van der Waals surface area contributed by atoms with Gasteiger partial charge < -0.3 is 0 Å². The van der Waals surface area contributed by atoms with Crippen LogP contribution in [0.15, 0.2) is 60.7 Å². The molecule has 0 saturated heterocycles. The Balaban J connectivity index is 2.03. The zero-order chi connectivity index (χ0) is 12.8. The molecule has 18 heavy (non-hydrogen) atoms. The molecule has 2 heteroatoms. The molecule has 2 rings (SSSR count). The molecule has 0 aromatic heterocycles. The monoisotopic (exact) mass is 274 g/mol. The molecule has 0 aliphatic carbocycles. The highest BCUT2D eigenvalue weighted by Gasteiger charge is 1.91. The van der Waals surface area contributed by atoms with Crippen LogP contribution in [0, 0.1) is 0 Å². The first-order chi connectivity index (χ1) is 8.75. The quantitative estimate of drug-likeness (QED) is 0.628. The van der Waals surface area contributed by atoms with Crippen molar-refractivity contribution < 1.29 is 0 Å². The van der Waals surface area contributed by atoms with Crippen molar-refractivity contribution in [2.75, 3.05) is 0 Å². The average molecular weight is 275 g/mol. The van der Waals surface area contributed by atoms with Crippen LogP contribution in [0.4, 0.5) is 0 Å². The van der Waals surface area contributed by atoms with E-state index in [0.29, 0.717) is 0 Å². The maximum Gasteiger partial charge on any atom is 0.0478 e. The van der Waals surface area contributed by atoms with Crippen molar-refractivity contribution in [3.63, 3.8) is 0 Å². The number of hydrogen-bond acceptors (Lipinski definition) is 0. The first-order valence-corrected chi connectivity index (χ1v) is 6.36. The van der Waals surface area contributed by atoms with Crippen LogP contribution in [-0.2, 0) is 0 Å². The lowest BCUT2D eigenvalue weighted by Gasteiger charge is -1.95. The third kappa shape index (κ3) is 3.76. The summed E-state index contributed by atoms with van der Waals surface area (Å²) in [6, 6.07) is 15.4. The Morgan fingerprint density at radius 1 is 0.722 bits per heavy atom. The lowest BCUT2D eigenvalue weighted by molar-refractivity contribution is 1.65. The molecule has 90 valence electrons. The summed E-state index contributed by atoms with van der Waals surface area (Å²) in [4.78, 5) is 0. The van der Waals surface area contributed by atoms with Crippen LogP contribution < -0.4 is 0 Å². The van der Waals surface area contributed by atoms with E-state index >= 15 is 0 Å². The summed E-state index contributed by atoms with van der Waals surface area (Å²) < 4.78 is 0. The average Bonchev–Trinajstić information content (AvgIpc) is 2.39. The predicted molar refractivity (Wildman–Crippen MR) is 81.0 cm³/mol. The lowest BCUT2D eigenvalue weighted by atomic mass is 10.2. The van der Waals surface area contributed by atoms with Gasteiger partial charge in [-0.05, 0) is 29.3 Å². The highest BCUT2D eigenvalue weighted by molar-refractivity contribution is 6.32. The number of halogens is 2. The molecule has 0 amide bonds. The summed E-state index contributed by atoms with van der Waals surface area (Å²) >= 11 is 11.9. The smallest absolute Gasteiger partial charge is 0.0478 e. The van der Waals surface area contributed by atoms with Crippen molar-refractivity contribution in [1.29, 1.82) is 0 Å². The van der Waals surface area contributed by atoms with Gasteiger partial charge in [-0.1, -0.05) is 77.8 Å². The van der Waals surface area contributed by atoms with Gasteiger partial charge in [-0.25, -0.2) is 0 Å². The van der Waals surface area contributed by atoms with Crippen LogP contribution in [0.1, 0.15) is 11.1 Å². The molecule has 0 atom stereocenters. The Morgan fingerprint density at radius 3 is 2.11 bits per heavy atom. The maximum atomic E-state index is 6.05. The molecule has 0 saturated carbocycles. The molecule has 0 aliphatic heterocycles. The van der Waals surface area contributed by atoms with Crippen molar-refractivity contribution in [2.45, 2.75) is 0 Å². The van der Waals surface area contributed by atoms with Gasteiger partial charge in [-0.15, -0.1) is 0 Å². The summed E-state index contributed by atoms with van der Waals surface area (Å²) in [6.07, 6.45) is 7.95. The van der Waals surface area contributed by atoms with E-state index in [1.807, 2.05) is 72.8 Å². The molecular formula is C16H12Cl2. The Morgan fingerprint density at radius 2 is 1.39 bits per heavy atom. The van der Waals surface area contributed by atoms with Crippen LogP contribution in [-0.4, -0.2) is 0 Å². The predicted octanol–water partition coefficient (Wildman–Crippen LogP) is 5.72. The maximum absolute atomic E-state index is 6.05. The second-order valence-corrected chi connectivity index (χ2v) is 4.63. The minimum absolute atomic E-state index is 0.749. The molecule has 0 unspecified atom stereocenters. The van der Waals surface area contributed by atoms with E-state index in [9.17, 15) is 0 Å². The van der Waals surface area contributed by atoms with E-state index in [1.54, 1.807) is 0 Å². The molecule has 0 heterocycles. The summed E-state index contributed by atoms with van der Waals surface area (Å²) in [5.74, 6) is 0. The van der Waals surface area contributed by atoms with Gasteiger partial charge in [-0.2, -0.15) is 0 Å².